The summed E-state index contributed by atoms with van der Waals surface area (Å²) in [5, 5.41) is 0. The first-order valence-electron chi connectivity index (χ1n) is 5.07. The van der Waals surface area contributed by atoms with E-state index in [4.69, 9.17) is 5.73 Å². The van der Waals surface area contributed by atoms with Crippen molar-refractivity contribution in [2.45, 2.75) is 10.6 Å². The minimum Gasteiger partial charge on any atom is -0.399 e. The summed E-state index contributed by atoms with van der Waals surface area (Å²) in [7, 11) is 0. The molecule has 1 nitrogen and oxygen atoms in total. The van der Waals surface area contributed by atoms with E-state index in [9.17, 15) is 8.78 Å². The van der Waals surface area contributed by atoms with Gasteiger partial charge in [-0.25, -0.2) is 8.78 Å². The molecule has 2 aromatic carbocycles. The molecule has 0 unspecified atom stereocenters. The van der Waals surface area contributed by atoms with Crippen LogP contribution in [0, 0.1) is 11.6 Å². The molecule has 0 spiro atoms. The average molecular weight is 251 g/mol. The van der Waals surface area contributed by atoms with Gasteiger partial charge in [0.2, 0.25) is 0 Å². The predicted octanol–water partition coefficient (Wildman–Crippen LogP) is 3.84. The zero-order valence-corrected chi connectivity index (χ0v) is 9.81. The quantitative estimate of drug-likeness (QED) is 0.662. The SMILES string of the molecule is Nc1ccc(SCc2ccc(F)cc2)c(F)c1. The molecule has 0 radical (unpaired) electrons. The maximum absolute atomic E-state index is 13.5. The summed E-state index contributed by atoms with van der Waals surface area (Å²) in [5.74, 6) is 0.00993. The van der Waals surface area contributed by atoms with Gasteiger partial charge in [-0.1, -0.05) is 12.1 Å². The molecule has 2 rings (SSSR count). The number of hydrogen-bond acceptors (Lipinski definition) is 2. The molecular formula is C13H11F2NS. The van der Waals surface area contributed by atoms with E-state index in [1.54, 1.807) is 24.3 Å². The normalized spacial score (nSPS) is 10.5. The van der Waals surface area contributed by atoms with Gasteiger partial charge in [-0.3, -0.25) is 0 Å². The molecule has 17 heavy (non-hydrogen) atoms. The molecule has 0 aliphatic heterocycles. The third-order valence-corrected chi connectivity index (χ3v) is 3.38. The molecule has 0 bridgehead atoms. The largest absolute Gasteiger partial charge is 0.399 e. The fraction of sp³-hybridized carbons (Fsp3) is 0.0769. The van der Waals surface area contributed by atoms with Crippen LogP contribution in [0.15, 0.2) is 47.4 Å². The lowest BCUT2D eigenvalue weighted by molar-refractivity contribution is 0.602. The predicted molar refractivity (Wildman–Crippen MR) is 66.8 cm³/mol. The van der Waals surface area contributed by atoms with Gasteiger partial charge in [0.25, 0.3) is 0 Å². The van der Waals surface area contributed by atoms with Crippen molar-refractivity contribution in [2.75, 3.05) is 5.73 Å². The number of benzene rings is 2. The molecule has 0 aliphatic carbocycles. The van der Waals surface area contributed by atoms with Crippen LogP contribution in [0.5, 0.6) is 0 Å². The number of nitrogens with two attached hydrogens (primary N) is 1. The van der Waals surface area contributed by atoms with E-state index in [0.717, 1.165) is 5.56 Å². The average Bonchev–Trinajstić information content (AvgIpc) is 2.30. The first-order chi connectivity index (χ1) is 8.15. The summed E-state index contributed by atoms with van der Waals surface area (Å²) in [4.78, 5) is 0.545. The van der Waals surface area contributed by atoms with Crippen molar-refractivity contribution in [1.82, 2.24) is 0 Å². The van der Waals surface area contributed by atoms with Gasteiger partial charge in [0.05, 0.1) is 0 Å². The third kappa shape index (κ3) is 3.20. The molecule has 0 aromatic heterocycles. The summed E-state index contributed by atoms with van der Waals surface area (Å²) >= 11 is 1.36. The van der Waals surface area contributed by atoms with Crippen LogP contribution in [0.2, 0.25) is 0 Å². The number of nitrogen functional groups attached to an aromatic ring is 1. The molecule has 0 heterocycles. The fourth-order valence-corrected chi connectivity index (χ4v) is 2.25. The van der Waals surface area contributed by atoms with Crippen molar-refractivity contribution in [1.29, 1.82) is 0 Å². The Morgan fingerprint density at radius 3 is 2.35 bits per heavy atom. The highest BCUT2D eigenvalue weighted by molar-refractivity contribution is 7.98. The van der Waals surface area contributed by atoms with Crippen LogP contribution in [0.4, 0.5) is 14.5 Å². The Bertz CT molecular complexity index is 511. The molecule has 0 saturated heterocycles. The number of thioether (sulfide) groups is 1. The lowest BCUT2D eigenvalue weighted by Crippen LogP contribution is -1.88. The monoisotopic (exact) mass is 251 g/mol. The highest BCUT2D eigenvalue weighted by Gasteiger charge is 2.03. The third-order valence-electron chi connectivity index (χ3n) is 2.26. The second-order valence-electron chi connectivity index (χ2n) is 3.61. The smallest absolute Gasteiger partial charge is 0.138 e. The molecular weight excluding hydrogens is 240 g/mol. The Morgan fingerprint density at radius 1 is 1.00 bits per heavy atom. The van der Waals surface area contributed by atoms with Gasteiger partial charge in [-0.05, 0) is 35.9 Å². The molecule has 2 aromatic rings. The molecule has 4 heteroatoms. The summed E-state index contributed by atoms with van der Waals surface area (Å²) in [6, 6.07) is 10.8. The van der Waals surface area contributed by atoms with Crippen molar-refractivity contribution in [2.24, 2.45) is 0 Å². The summed E-state index contributed by atoms with van der Waals surface area (Å²) in [6.07, 6.45) is 0. The summed E-state index contributed by atoms with van der Waals surface area (Å²) < 4.78 is 26.1. The van der Waals surface area contributed by atoms with E-state index in [1.807, 2.05) is 0 Å². The van der Waals surface area contributed by atoms with Crippen molar-refractivity contribution >= 4 is 17.4 Å². The topological polar surface area (TPSA) is 26.0 Å². The van der Waals surface area contributed by atoms with E-state index in [-0.39, 0.29) is 11.6 Å². The van der Waals surface area contributed by atoms with Gasteiger partial charge in [0.15, 0.2) is 0 Å². The summed E-state index contributed by atoms with van der Waals surface area (Å²) in [5.41, 5.74) is 6.82. The van der Waals surface area contributed by atoms with E-state index < -0.39 is 0 Å². The van der Waals surface area contributed by atoms with Crippen LogP contribution in [0.3, 0.4) is 0 Å². The lowest BCUT2D eigenvalue weighted by Gasteiger charge is -2.04. The highest BCUT2D eigenvalue weighted by Crippen LogP contribution is 2.26. The molecule has 0 atom stereocenters. The van der Waals surface area contributed by atoms with Gasteiger partial charge in [-0.2, -0.15) is 0 Å². The summed E-state index contributed by atoms with van der Waals surface area (Å²) in [6.45, 7) is 0. The van der Waals surface area contributed by atoms with Gasteiger partial charge in [-0.15, -0.1) is 11.8 Å². The number of hydrogen-bond donors (Lipinski definition) is 1. The van der Waals surface area contributed by atoms with E-state index in [0.29, 0.717) is 16.3 Å². The molecule has 2 N–H and O–H groups in total. The fourth-order valence-electron chi connectivity index (χ4n) is 1.38. The van der Waals surface area contributed by atoms with Crippen LogP contribution in [-0.4, -0.2) is 0 Å². The highest BCUT2D eigenvalue weighted by atomic mass is 32.2. The maximum atomic E-state index is 13.5. The minimum absolute atomic E-state index is 0.266. The van der Waals surface area contributed by atoms with Crippen LogP contribution in [-0.2, 0) is 5.75 Å². The maximum Gasteiger partial charge on any atom is 0.138 e. The van der Waals surface area contributed by atoms with Crippen molar-refractivity contribution in [3.63, 3.8) is 0 Å². The van der Waals surface area contributed by atoms with Crippen LogP contribution in [0.25, 0.3) is 0 Å². The van der Waals surface area contributed by atoms with Gasteiger partial charge in [0.1, 0.15) is 11.6 Å². The molecule has 0 amide bonds. The van der Waals surface area contributed by atoms with Crippen molar-refractivity contribution < 1.29 is 8.78 Å². The van der Waals surface area contributed by atoms with E-state index in [2.05, 4.69) is 0 Å². The minimum atomic E-state index is -0.322. The van der Waals surface area contributed by atoms with Crippen LogP contribution in [0.1, 0.15) is 5.56 Å². The first-order valence-corrected chi connectivity index (χ1v) is 6.06. The first kappa shape index (κ1) is 11.9. The molecule has 0 fully saturated rings. The second kappa shape index (κ2) is 5.19. The van der Waals surface area contributed by atoms with Gasteiger partial charge in [0, 0.05) is 16.3 Å². The Morgan fingerprint density at radius 2 is 1.71 bits per heavy atom. The van der Waals surface area contributed by atoms with Gasteiger partial charge < -0.3 is 5.73 Å². The zero-order valence-electron chi connectivity index (χ0n) is 8.99. The second-order valence-corrected chi connectivity index (χ2v) is 4.62. The van der Waals surface area contributed by atoms with Crippen LogP contribution >= 0.6 is 11.8 Å². The Labute approximate surface area is 103 Å². The number of rotatable bonds is 3. The molecule has 0 aliphatic rings. The molecule has 0 saturated carbocycles. The van der Waals surface area contributed by atoms with E-state index in [1.165, 1.54) is 30.0 Å². The van der Waals surface area contributed by atoms with Crippen LogP contribution < -0.4 is 5.73 Å². The molecule has 88 valence electrons. The van der Waals surface area contributed by atoms with E-state index >= 15 is 0 Å². The van der Waals surface area contributed by atoms with Crippen molar-refractivity contribution in [3.8, 4) is 0 Å². The Hall–Kier alpha value is -1.55. The zero-order chi connectivity index (χ0) is 12.3. The lowest BCUT2D eigenvalue weighted by atomic mass is 10.2. The standard InChI is InChI=1S/C13H11F2NS/c14-10-3-1-9(2-4-10)8-17-13-6-5-11(16)7-12(13)15/h1-7H,8,16H2. The Balaban J connectivity index is 2.04. The Kier molecular flexibility index (Phi) is 3.64. The van der Waals surface area contributed by atoms with Crippen molar-refractivity contribution in [3.05, 3.63) is 59.7 Å². The van der Waals surface area contributed by atoms with Gasteiger partial charge >= 0.3 is 0 Å². The number of halogens is 2. The number of anilines is 1.